The second kappa shape index (κ2) is 9.53. The molecule has 0 radical (unpaired) electrons. The molecule has 1 aromatic heterocycles. The number of aryl methyl sites for hydroxylation is 1. The lowest BCUT2D eigenvalue weighted by Crippen LogP contribution is -2.34. The van der Waals surface area contributed by atoms with Crippen LogP contribution >= 0.6 is 23.2 Å². The van der Waals surface area contributed by atoms with E-state index < -0.39 is 22.0 Å². The average molecular weight is 453 g/mol. The van der Waals surface area contributed by atoms with E-state index in [0.717, 1.165) is 12.2 Å². The van der Waals surface area contributed by atoms with Crippen LogP contribution in [0.1, 0.15) is 18.3 Å². The summed E-state index contributed by atoms with van der Waals surface area (Å²) in [6, 6.07) is 5.21. The van der Waals surface area contributed by atoms with Crippen LogP contribution in [0.25, 0.3) is 0 Å². The van der Waals surface area contributed by atoms with Crippen LogP contribution < -0.4 is 0 Å². The summed E-state index contributed by atoms with van der Waals surface area (Å²) in [5.74, 6) is -0.145. The summed E-state index contributed by atoms with van der Waals surface area (Å²) in [6.45, 7) is 2.62. The molecule has 0 bridgehead atoms. The predicted molar refractivity (Wildman–Crippen MR) is 105 cm³/mol. The van der Waals surface area contributed by atoms with Crippen LogP contribution in [0.4, 0.5) is 0 Å². The standard InChI is InChI=1S/C16H18Cl2N2O3.CH4O3S/c1-2-15-19-5-6-20(15)10-16(22-9-12(8-21)23-16)13-4-3-11(17)7-14(13)18;1-5(2,3)4/h3-7,12,21H,2,8-10H2,1H3;1H3,(H,2,3,4). The van der Waals surface area contributed by atoms with Crippen molar-refractivity contribution in [1.29, 1.82) is 0 Å². The molecule has 0 spiro atoms. The molecule has 1 fully saturated rings. The van der Waals surface area contributed by atoms with E-state index in [0.29, 0.717) is 35.0 Å². The number of aliphatic hydroxyl groups excluding tert-OH is 1. The Labute approximate surface area is 173 Å². The van der Waals surface area contributed by atoms with Crippen LogP contribution in [0.5, 0.6) is 0 Å². The third-order valence-electron chi connectivity index (χ3n) is 3.90. The number of nitrogens with zero attached hydrogens (tertiary/aromatic N) is 2. The van der Waals surface area contributed by atoms with Gasteiger partial charge in [-0.2, -0.15) is 8.42 Å². The van der Waals surface area contributed by atoms with E-state index in [1.54, 1.807) is 24.4 Å². The van der Waals surface area contributed by atoms with Crippen molar-refractivity contribution in [2.75, 3.05) is 19.5 Å². The van der Waals surface area contributed by atoms with Crippen LogP contribution in [-0.2, 0) is 38.3 Å². The first-order valence-electron chi connectivity index (χ1n) is 8.38. The number of ether oxygens (including phenoxy) is 2. The second-order valence-corrected chi connectivity index (χ2v) is 8.48. The van der Waals surface area contributed by atoms with Crippen LogP contribution in [0.15, 0.2) is 30.6 Å². The van der Waals surface area contributed by atoms with Crippen LogP contribution in [0, 0.1) is 0 Å². The Balaban J connectivity index is 0.000000500. The average Bonchev–Trinajstić information content (AvgIpc) is 3.20. The van der Waals surface area contributed by atoms with Gasteiger partial charge in [-0.3, -0.25) is 4.55 Å². The van der Waals surface area contributed by atoms with Crippen LogP contribution in [0.2, 0.25) is 10.0 Å². The highest BCUT2D eigenvalue weighted by molar-refractivity contribution is 7.85. The Morgan fingerprint density at radius 3 is 2.61 bits per heavy atom. The Morgan fingerprint density at radius 2 is 2.07 bits per heavy atom. The number of aliphatic hydroxyl groups is 1. The summed E-state index contributed by atoms with van der Waals surface area (Å²) < 4.78 is 39.8. The lowest BCUT2D eigenvalue weighted by molar-refractivity contribution is -0.190. The maximum Gasteiger partial charge on any atom is 0.261 e. The summed E-state index contributed by atoms with van der Waals surface area (Å²) in [5.41, 5.74) is 0.690. The van der Waals surface area contributed by atoms with Gasteiger partial charge < -0.3 is 19.1 Å². The fourth-order valence-corrected chi connectivity index (χ4v) is 3.34. The molecular formula is C17H22Cl2N2O6S. The minimum Gasteiger partial charge on any atom is -0.394 e. The molecule has 28 heavy (non-hydrogen) atoms. The largest absolute Gasteiger partial charge is 0.394 e. The smallest absolute Gasteiger partial charge is 0.261 e. The predicted octanol–water partition coefficient (Wildman–Crippen LogP) is 2.52. The molecule has 1 aliphatic rings. The molecule has 11 heteroatoms. The van der Waals surface area contributed by atoms with Gasteiger partial charge in [0.15, 0.2) is 0 Å². The topological polar surface area (TPSA) is 111 Å². The van der Waals surface area contributed by atoms with E-state index in [-0.39, 0.29) is 6.61 Å². The molecular weight excluding hydrogens is 431 g/mol. The molecule has 8 nitrogen and oxygen atoms in total. The number of imidazole rings is 1. The van der Waals surface area contributed by atoms with E-state index in [2.05, 4.69) is 4.98 Å². The fourth-order valence-electron chi connectivity index (χ4n) is 2.79. The summed E-state index contributed by atoms with van der Waals surface area (Å²) in [5, 5.41) is 10.4. The molecule has 0 aliphatic carbocycles. The summed E-state index contributed by atoms with van der Waals surface area (Å²) in [6.07, 6.45) is 4.74. The molecule has 1 saturated heterocycles. The number of benzene rings is 1. The number of hydrogen-bond donors (Lipinski definition) is 2. The van der Waals surface area contributed by atoms with E-state index >= 15 is 0 Å². The molecule has 0 saturated carbocycles. The molecule has 2 N–H and O–H groups in total. The summed E-state index contributed by atoms with van der Waals surface area (Å²) >= 11 is 12.4. The molecule has 1 aromatic carbocycles. The van der Waals surface area contributed by atoms with Gasteiger partial charge in [0.25, 0.3) is 10.1 Å². The fraction of sp³-hybridized carbons (Fsp3) is 0.471. The Kier molecular flexibility index (Phi) is 7.86. The first kappa shape index (κ1) is 23.1. The maximum absolute atomic E-state index is 9.41. The second-order valence-electron chi connectivity index (χ2n) is 6.17. The van der Waals surface area contributed by atoms with Crippen molar-refractivity contribution in [2.45, 2.75) is 31.8 Å². The maximum atomic E-state index is 9.41. The van der Waals surface area contributed by atoms with Crippen LogP contribution in [-0.4, -0.2) is 53.2 Å². The minimum atomic E-state index is -3.67. The molecule has 2 unspecified atom stereocenters. The van der Waals surface area contributed by atoms with Crippen molar-refractivity contribution < 1.29 is 27.6 Å². The van der Waals surface area contributed by atoms with Gasteiger partial charge in [-0.1, -0.05) is 36.2 Å². The molecule has 2 aromatic rings. The van der Waals surface area contributed by atoms with Gasteiger partial charge in [-0.25, -0.2) is 4.98 Å². The molecule has 3 rings (SSSR count). The summed E-state index contributed by atoms with van der Waals surface area (Å²) in [7, 11) is -3.67. The van der Waals surface area contributed by atoms with Gasteiger partial charge in [-0.05, 0) is 12.1 Å². The van der Waals surface area contributed by atoms with Crippen LogP contribution in [0.3, 0.4) is 0 Å². The minimum absolute atomic E-state index is 0.114. The highest BCUT2D eigenvalue weighted by atomic mass is 35.5. The monoisotopic (exact) mass is 452 g/mol. The van der Waals surface area contributed by atoms with Gasteiger partial charge in [0.2, 0.25) is 5.79 Å². The number of rotatable bonds is 5. The number of aromatic nitrogens is 2. The SMILES string of the molecule is CCc1nccn1CC1(c2ccc(Cl)cc2Cl)OCC(CO)O1.CS(=O)(=O)O. The molecule has 2 atom stereocenters. The van der Waals surface area contributed by atoms with E-state index in [9.17, 15) is 13.5 Å². The van der Waals surface area contributed by atoms with Crippen molar-refractivity contribution >= 4 is 33.3 Å². The zero-order chi connectivity index (χ0) is 20.9. The third-order valence-corrected chi connectivity index (χ3v) is 4.45. The summed E-state index contributed by atoms with van der Waals surface area (Å²) in [4.78, 5) is 4.33. The Bertz CT molecular complexity index is 897. The van der Waals surface area contributed by atoms with E-state index in [1.807, 2.05) is 17.7 Å². The van der Waals surface area contributed by atoms with E-state index in [1.165, 1.54) is 0 Å². The van der Waals surface area contributed by atoms with E-state index in [4.69, 9.17) is 37.2 Å². The Hall–Kier alpha value is -1.20. The highest BCUT2D eigenvalue weighted by Crippen LogP contribution is 2.40. The lowest BCUT2D eigenvalue weighted by atomic mass is 10.1. The van der Waals surface area contributed by atoms with Crippen molar-refractivity contribution in [3.63, 3.8) is 0 Å². The molecule has 1 aliphatic heterocycles. The van der Waals surface area contributed by atoms with Gasteiger partial charge in [0.05, 0.1) is 31.0 Å². The van der Waals surface area contributed by atoms with Crippen molar-refractivity contribution in [3.8, 4) is 0 Å². The quantitative estimate of drug-likeness (QED) is 0.670. The highest BCUT2D eigenvalue weighted by Gasteiger charge is 2.45. The first-order chi connectivity index (χ1) is 13.1. The number of hydrogen-bond acceptors (Lipinski definition) is 6. The molecule has 156 valence electrons. The molecule has 0 amide bonds. The Morgan fingerprint density at radius 1 is 1.39 bits per heavy atom. The normalized spacial score (nSPS) is 22.0. The zero-order valence-corrected chi connectivity index (χ0v) is 17.7. The molecule has 2 heterocycles. The zero-order valence-electron chi connectivity index (χ0n) is 15.4. The third kappa shape index (κ3) is 6.15. The lowest BCUT2D eigenvalue weighted by Gasteiger charge is -2.30. The number of halogens is 2. The van der Waals surface area contributed by atoms with Crippen molar-refractivity contribution in [2.24, 2.45) is 0 Å². The first-order valence-corrected chi connectivity index (χ1v) is 11.0. The van der Waals surface area contributed by atoms with Gasteiger partial charge in [0.1, 0.15) is 11.9 Å². The van der Waals surface area contributed by atoms with Crippen molar-refractivity contribution in [3.05, 3.63) is 52.0 Å². The van der Waals surface area contributed by atoms with Gasteiger partial charge in [0, 0.05) is 29.4 Å². The van der Waals surface area contributed by atoms with Gasteiger partial charge >= 0.3 is 0 Å². The van der Waals surface area contributed by atoms with Gasteiger partial charge in [-0.15, -0.1) is 0 Å². The van der Waals surface area contributed by atoms with Crippen molar-refractivity contribution in [1.82, 2.24) is 9.55 Å².